The highest BCUT2D eigenvalue weighted by atomic mass is 35.5. The molecule has 0 radical (unpaired) electrons. The molecule has 0 saturated heterocycles. The lowest BCUT2D eigenvalue weighted by atomic mass is 10.1. The zero-order chi connectivity index (χ0) is 22.4. The van der Waals surface area contributed by atoms with Gasteiger partial charge in [-0.05, 0) is 35.4 Å². The van der Waals surface area contributed by atoms with Crippen LogP contribution in [0.3, 0.4) is 0 Å². The molecule has 0 saturated carbocycles. The molecule has 0 heterocycles. The van der Waals surface area contributed by atoms with Crippen molar-refractivity contribution < 1.29 is 13.2 Å². The molecule has 8 heteroatoms. The van der Waals surface area contributed by atoms with Gasteiger partial charge in [-0.15, -0.1) is 11.8 Å². The van der Waals surface area contributed by atoms with Crippen molar-refractivity contribution in [2.75, 3.05) is 18.6 Å². The van der Waals surface area contributed by atoms with Gasteiger partial charge in [0.05, 0.1) is 11.9 Å². The summed E-state index contributed by atoms with van der Waals surface area (Å²) < 4.78 is 25.5. The predicted molar refractivity (Wildman–Crippen MR) is 128 cm³/mol. The first-order valence-corrected chi connectivity index (χ1v) is 12.7. The Kier molecular flexibility index (Phi) is 7.78. The SMILES string of the molecule is CN([C@@H](C(=O)Nc1ccccc1SCc1ccc(Cl)cc1)c1ccccc1)S(C)(=O)=O. The van der Waals surface area contributed by atoms with Crippen molar-refractivity contribution in [1.29, 1.82) is 0 Å². The van der Waals surface area contributed by atoms with Crippen molar-refractivity contribution >= 4 is 45.0 Å². The molecule has 0 aromatic heterocycles. The van der Waals surface area contributed by atoms with Crippen LogP contribution < -0.4 is 5.32 Å². The van der Waals surface area contributed by atoms with Crippen molar-refractivity contribution in [3.05, 3.63) is 95.0 Å². The molecule has 3 aromatic rings. The number of nitrogens with zero attached hydrogens (tertiary/aromatic N) is 1. The van der Waals surface area contributed by atoms with Gasteiger partial charge in [0, 0.05) is 22.7 Å². The van der Waals surface area contributed by atoms with E-state index in [2.05, 4.69) is 5.32 Å². The molecule has 3 aromatic carbocycles. The summed E-state index contributed by atoms with van der Waals surface area (Å²) >= 11 is 7.53. The van der Waals surface area contributed by atoms with Gasteiger partial charge in [0.2, 0.25) is 15.9 Å². The quantitative estimate of drug-likeness (QED) is 0.455. The van der Waals surface area contributed by atoms with Crippen LogP contribution in [0.15, 0.2) is 83.8 Å². The van der Waals surface area contributed by atoms with Gasteiger partial charge in [0.1, 0.15) is 6.04 Å². The van der Waals surface area contributed by atoms with E-state index in [1.54, 1.807) is 36.0 Å². The Morgan fingerprint density at radius 1 is 1.00 bits per heavy atom. The normalized spacial score (nSPS) is 12.5. The van der Waals surface area contributed by atoms with E-state index in [1.165, 1.54) is 7.05 Å². The molecular formula is C23H23ClN2O3S2. The Morgan fingerprint density at radius 2 is 1.61 bits per heavy atom. The molecule has 1 atom stereocenters. The van der Waals surface area contributed by atoms with E-state index < -0.39 is 22.0 Å². The van der Waals surface area contributed by atoms with E-state index in [4.69, 9.17) is 11.6 Å². The largest absolute Gasteiger partial charge is 0.323 e. The number of amides is 1. The first-order chi connectivity index (χ1) is 14.8. The maximum Gasteiger partial charge on any atom is 0.247 e. The second kappa shape index (κ2) is 10.3. The number of hydrogen-bond acceptors (Lipinski definition) is 4. The standard InChI is InChI=1S/C23H23ClN2O3S2/c1-26(31(2,28)29)22(18-8-4-3-5-9-18)23(27)25-20-10-6-7-11-21(20)30-16-17-12-14-19(24)15-13-17/h3-15,22H,16H2,1-2H3,(H,25,27)/t22-/m1/s1. The minimum absolute atomic E-state index is 0.418. The van der Waals surface area contributed by atoms with Gasteiger partial charge >= 0.3 is 0 Å². The fourth-order valence-electron chi connectivity index (χ4n) is 2.99. The number of anilines is 1. The van der Waals surface area contributed by atoms with Crippen LogP contribution in [0.4, 0.5) is 5.69 Å². The molecule has 1 N–H and O–H groups in total. The average Bonchev–Trinajstić information content (AvgIpc) is 2.74. The van der Waals surface area contributed by atoms with Crippen molar-refractivity contribution in [3.8, 4) is 0 Å². The van der Waals surface area contributed by atoms with E-state index in [0.717, 1.165) is 21.0 Å². The highest BCUT2D eigenvalue weighted by Crippen LogP contribution is 2.32. The van der Waals surface area contributed by atoms with Crippen LogP contribution in [0, 0.1) is 0 Å². The maximum absolute atomic E-state index is 13.2. The number of hydrogen-bond donors (Lipinski definition) is 1. The van der Waals surface area contributed by atoms with E-state index in [1.807, 2.05) is 54.6 Å². The topological polar surface area (TPSA) is 66.5 Å². The second-order valence-corrected chi connectivity index (χ2v) is 10.5. The Morgan fingerprint density at radius 3 is 2.26 bits per heavy atom. The van der Waals surface area contributed by atoms with Gasteiger partial charge in [-0.25, -0.2) is 8.42 Å². The Hall–Kier alpha value is -2.32. The summed E-state index contributed by atoms with van der Waals surface area (Å²) in [6, 6.07) is 23.0. The fourth-order valence-corrected chi connectivity index (χ4v) is 4.68. The lowest BCUT2D eigenvalue weighted by Crippen LogP contribution is -2.38. The Bertz CT molecular complexity index is 1140. The summed E-state index contributed by atoms with van der Waals surface area (Å²) in [7, 11) is -2.18. The number of rotatable bonds is 8. The summed E-state index contributed by atoms with van der Waals surface area (Å²) in [6.07, 6.45) is 1.09. The maximum atomic E-state index is 13.2. The smallest absolute Gasteiger partial charge is 0.247 e. The summed E-state index contributed by atoms with van der Waals surface area (Å²) in [4.78, 5) is 14.1. The number of thioether (sulfide) groups is 1. The van der Waals surface area contributed by atoms with Crippen molar-refractivity contribution in [2.24, 2.45) is 0 Å². The molecular weight excluding hydrogens is 452 g/mol. The fraction of sp³-hybridized carbons (Fsp3) is 0.174. The summed E-state index contributed by atoms with van der Waals surface area (Å²) in [5.41, 5.74) is 2.34. The molecule has 0 bridgehead atoms. The van der Waals surface area contributed by atoms with Crippen molar-refractivity contribution in [2.45, 2.75) is 16.7 Å². The van der Waals surface area contributed by atoms with Crippen LogP contribution in [0.1, 0.15) is 17.2 Å². The molecule has 31 heavy (non-hydrogen) atoms. The third kappa shape index (κ3) is 6.33. The van der Waals surface area contributed by atoms with Gasteiger partial charge in [-0.2, -0.15) is 4.31 Å². The number of nitrogens with one attached hydrogen (secondary N) is 1. The summed E-state index contributed by atoms with van der Waals surface area (Å²) in [5, 5.41) is 3.60. The second-order valence-electron chi connectivity index (χ2n) is 6.99. The van der Waals surface area contributed by atoms with Gasteiger partial charge in [0.25, 0.3) is 0 Å². The van der Waals surface area contributed by atoms with Crippen molar-refractivity contribution in [3.63, 3.8) is 0 Å². The molecule has 0 fully saturated rings. The molecule has 1 amide bonds. The number of para-hydroxylation sites is 1. The molecule has 0 unspecified atom stereocenters. The van der Waals surface area contributed by atoms with Gasteiger partial charge in [-0.3, -0.25) is 4.79 Å². The monoisotopic (exact) mass is 474 g/mol. The van der Waals surface area contributed by atoms with Crippen LogP contribution in [-0.2, 0) is 20.6 Å². The highest BCUT2D eigenvalue weighted by molar-refractivity contribution is 7.98. The predicted octanol–water partition coefficient (Wildman–Crippen LogP) is 5.20. The van der Waals surface area contributed by atoms with E-state index in [0.29, 0.717) is 22.0 Å². The summed E-state index contributed by atoms with van der Waals surface area (Å²) in [5.74, 6) is 0.286. The number of carbonyl (C=O) groups excluding carboxylic acids is 1. The summed E-state index contributed by atoms with van der Waals surface area (Å²) in [6.45, 7) is 0. The molecule has 3 rings (SSSR count). The molecule has 0 aliphatic carbocycles. The minimum Gasteiger partial charge on any atom is -0.323 e. The third-order valence-corrected chi connectivity index (χ3v) is 7.36. The van der Waals surface area contributed by atoms with Gasteiger partial charge in [-0.1, -0.05) is 66.2 Å². The van der Waals surface area contributed by atoms with Crippen molar-refractivity contribution in [1.82, 2.24) is 4.31 Å². The lowest BCUT2D eigenvalue weighted by Gasteiger charge is -2.26. The highest BCUT2D eigenvalue weighted by Gasteiger charge is 2.31. The van der Waals surface area contributed by atoms with Gasteiger partial charge in [0.15, 0.2) is 0 Å². The number of sulfonamides is 1. The van der Waals surface area contributed by atoms with Crippen LogP contribution in [-0.4, -0.2) is 31.9 Å². The number of benzene rings is 3. The molecule has 0 aliphatic heterocycles. The van der Waals surface area contributed by atoms with E-state index in [-0.39, 0.29) is 0 Å². The van der Waals surface area contributed by atoms with E-state index >= 15 is 0 Å². The lowest BCUT2D eigenvalue weighted by molar-refractivity contribution is -0.119. The van der Waals surface area contributed by atoms with E-state index in [9.17, 15) is 13.2 Å². The first kappa shape index (κ1) is 23.3. The average molecular weight is 475 g/mol. The van der Waals surface area contributed by atoms with Crippen LogP contribution in [0.2, 0.25) is 5.02 Å². The van der Waals surface area contributed by atoms with Crippen LogP contribution in [0.5, 0.6) is 0 Å². The molecule has 0 aliphatic rings. The number of halogens is 1. The third-order valence-electron chi connectivity index (χ3n) is 4.70. The van der Waals surface area contributed by atoms with Crippen LogP contribution >= 0.6 is 23.4 Å². The van der Waals surface area contributed by atoms with Gasteiger partial charge < -0.3 is 5.32 Å². The molecule has 0 spiro atoms. The number of carbonyl (C=O) groups is 1. The first-order valence-electron chi connectivity index (χ1n) is 9.51. The zero-order valence-corrected chi connectivity index (χ0v) is 19.5. The molecule has 162 valence electrons. The molecule has 5 nitrogen and oxygen atoms in total. The Balaban J connectivity index is 1.83. The number of likely N-dealkylation sites (N-methyl/N-ethyl adjacent to an activating group) is 1. The Labute approximate surface area is 192 Å². The zero-order valence-electron chi connectivity index (χ0n) is 17.2. The minimum atomic E-state index is -3.59. The van der Waals surface area contributed by atoms with Crippen LogP contribution in [0.25, 0.3) is 0 Å².